The van der Waals surface area contributed by atoms with Crippen LogP contribution in [0, 0.1) is 0 Å². The number of pyridine rings is 1. The quantitative estimate of drug-likeness (QED) is 0.374. The smallest absolute Gasteiger partial charge is 0.269 e. The summed E-state index contributed by atoms with van der Waals surface area (Å²) in [7, 11) is -0.218. The number of hydrogen-bond acceptors (Lipinski definition) is 6. The maximum atomic E-state index is 13.5. The number of hydrogen-bond donors (Lipinski definition) is 1. The van der Waals surface area contributed by atoms with Gasteiger partial charge in [0.05, 0.1) is 17.7 Å². The minimum atomic E-state index is -3.79. The summed E-state index contributed by atoms with van der Waals surface area (Å²) in [5.41, 5.74) is 3.28. The Kier molecular flexibility index (Phi) is 6.73. The highest BCUT2D eigenvalue weighted by molar-refractivity contribution is 7.90. The molecule has 1 aliphatic rings. The SMILES string of the molecule is COCCN[C@H]1CC[C@H](c2cnc3c(c2)c(-c2cnn(C)c2)cn3S(=O)(=O)c2ccccc2)CC1. The molecule has 0 radical (unpaired) electrons. The van der Waals surface area contributed by atoms with Gasteiger partial charge in [0.25, 0.3) is 10.0 Å². The summed E-state index contributed by atoms with van der Waals surface area (Å²) >= 11 is 0. The topological polar surface area (TPSA) is 91.0 Å². The lowest BCUT2D eigenvalue weighted by atomic mass is 9.82. The van der Waals surface area contributed by atoms with Gasteiger partial charge in [-0.2, -0.15) is 5.10 Å². The van der Waals surface area contributed by atoms with E-state index in [1.165, 1.54) is 3.97 Å². The second kappa shape index (κ2) is 9.93. The Morgan fingerprint density at radius 1 is 1.09 bits per heavy atom. The van der Waals surface area contributed by atoms with E-state index in [0.717, 1.165) is 60.9 Å². The van der Waals surface area contributed by atoms with Gasteiger partial charge in [-0.25, -0.2) is 17.4 Å². The fourth-order valence-corrected chi connectivity index (χ4v) is 6.34. The van der Waals surface area contributed by atoms with Gasteiger partial charge in [-0.1, -0.05) is 18.2 Å². The number of fused-ring (bicyclic) bond motifs is 1. The number of aromatic nitrogens is 4. The third-order valence-electron chi connectivity index (χ3n) is 6.89. The van der Waals surface area contributed by atoms with Crippen molar-refractivity contribution in [3.05, 3.63) is 66.7 Å². The molecule has 35 heavy (non-hydrogen) atoms. The highest BCUT2D eigenvalue weighted by Crippen LogP contribution is 2.37. The van der Waals surface area contributed by atoms with Gasteiger partial charge in [0.2, 0.25) is 0 Å². The number of aryl methyl sites for hydroxylation is 1. The zero-order valence-electron chi connectivity index (χ0n) is 20.1. The van der Waals surface area contributed by atoms with Gasteiger partial charge in [0.1, 0.15) is 0 Å². The van der Waals surface area contributed by atoms with Crippen LogP contribution in [0.25, 0.3) is 22.2 Å². The molecule has 8 nitrogen and oxygen atoms in total. The van der Waals surface area contributed by atoms with Crippen LogP contribution in [-0.2, 0) is 21.8 Å². The molecule has 3 aromatic heterocycles. The first-order chi connectivity index (χ1) is 17.0. The first-order valence-corrected chi connectivity index (χ1v) is 13.4. The summed E-state index contributed by atoms with van der Waals surface area (Å²) < 4.78 is 35.2. The van der Waals surface area contributed by atoms with Crippen molar-refractivity contribution in [2.24, 2.45) is 7.05 Å². The van der Waals surface area contributed by atoms with Crippen LogP contribution >= 0.6 is 0 Å². The van der Waals surface area contributed by atoms with Crippen LogP contribution in [0.4, 0.5) is 0 Å². The molecule has 1 N–H and O–H groups in total. The molecule has 0 atom stereocenters. The van der Waals surface area contributed by atoms with Crippen LogP contribution in [-0.4, -0.2) is 53.5 Å². The molecule has 1 fully saturated rings. The third-order valence-corrected chi connectivity index (χ3v) is 8.55. The highest BCUT2D eigenvalue weighted by Gasteiger charge is 2.26. The highest BCUT2D eigenvalue weighted by atomic mass is 32.2. The Bertz CT molecular complexity index is 1400. The zero-order valence-corrected chi connectivity index (χ0v) is 20.9. The monoisotopic (exact) mass is 493 g/mol. The molecular formula is C26H31N5O3S. The Labute approximate surface area is 206 Å². The van der Waals surface area contributed by atoms with Crippen molar-refractivity contribution < 1.29 is 13.2 Å². The van der Waals surface area contributed by atoms with Crippen LogP contribution in [0.1, 0.15) is 37.2 Å². The molecule has 1 aromatic carbocycles. The van der Waals surface area contributed by atoms with Crippen molar-refractivity contribution in [1.29, 1.82) is 0 Å². The van der Waals surface area contributed by atoms with E-state index in [9.17, 15) is 8.42 Å². The molecule has 5 rings (SSSR count). The summed E-state index contributed by atoms with van der Waals surface area (Å²) in [6, 6.07) is 11.1. The van der Waals surface area contributed by atoms with E-state index in [0.29, 0.717) is 17.6 Å². The average Bonchev–Trinajstić information content (AvgIpc) is 3.48. The Morgan fingerprint density at radius 3 is 2.54 bits per heavy atom. The number of benzene rings is 1. The summed E-state index contributed by atoms with van der Waals surface area (Å²) in [5, 5.41) is 8.70. The fourth-order valence-electron chi connectivity index (χ4n) is 4.99. The Hall–Kier alpha value is -3.01. The second-order valence-electron chi connectivity index (χ2n) is 9.19. The predicted octanol–water partition coefficient (Wildman–Crippen LogP) is 3.94. The van der Waals surface area contributed by atoms with Crippen molar-refractivity contribution >= 4 is 21.1 Å². The summed E-state index contributed by atoms with van der Waals surface area (Å²) in [6.07, 6.45) is 11.5. The van der Waals surface area contributed by atoms with Gasteiger partial charge in [-0.15, -0.1) is 0 Å². The van der Waals surface area contributed by atoms with Crippen molar-refractivity contribution in [1.82, 2.24) is 24.1 Å². The predicted molar refractivity (Wildman–Crippen MR) is 136 cm³/mol. The van der Waals surface area contributed by atoms with Gasteiger partial charge in [-0.05, 0) is 55.4 Å². The number of ether oxygens (including phenoxy) is 1. The van der Waals surface area contributed by atoms with E-state index < -0.39 is 10.0 Å². The summed E-state index contributed by atoms with van der Waals surface area (Å²) in [4.78, 5) is 4.94. The minimum absolute atomic E-state index is 0.236. The van der Waals surface area contributed by atoms with E-state index in [2.05, 4.69) is 16.5 Å². The van der Waals surface area contributed by atoms with Crippen LogP contribution in [0.3, 0.4) is 0 Å². The van der Waals surface area contributed by atoms with Gasteiger partial charge in [-0.3, -0.25) is 4.68 Å². The average molecular weight is 494 g/mol. The molecule has 9 heteroatoms. The standard InChI is InChI=1S/C26H31N5O3S/c1-30-17-21(16-29-30)25-18-31(35(32,33)23-6-4-3-5-7-23)26-24(25)14-20(15-28-26)19-8-10-22(11-9-19)27-12-13-34-2/h3-7,14-19,22,27H,8-13H2,1-2H3/t19-,22-. The number of nitrogens with one attached hydrogen (secondary N) is 1. The second-order valence-corrected chi connectivity index (χ2v) is 11.0. The maximum absolute atomic E-state index is 13.5. The van der Waals surface area contributed by atoms with Gasteiger partial charge >= 0.3 is 0 Å². The lowest BCUT2D eigenvalue weighted by molar-refractivity contribution is 0.191. The molecule has 0 unspecified atom stereocenters. The summed E-state index contributed by atoms with van der Waals surface area (Å²) in [5.74, 6) is 0.406. The summed E-state index contributed by atoms with van der Waals surface area (Å²) in [6.45, 7) is 1.59. The molecule has 184 valence electrons. The van der Waals surface area contributed by atoms with Crippen molar-refractivity contribution in [3.63, 3.8) is 0 Å². The van der Waals surface area contributed by atoms with E-state index >= 15 is 0 Å². The van der Waals surface area contributed by atoms with Crippen LogP contribution < -0.4 is 5.32 Å². The van der Waals surface area contributed by atoms with Crippen molar-refractivity contribution in [2.45, 2.75) is 42.5 Å². The van der Waals surface area contributed by atoms with Crippen molar-refractivity contribution in [3.8, 4) is 11.1 Å². The molecule has 0 spiro atoms. The number of nitrogens with zero attached hydrogens (tertiary/aromatic N) is 4. The van der Waals surface area contributed by atoms with Gasteiger partial charge < -0.3 is 10.1 Å². The normalized spacial score (nSPS) is 18.8. The first kappa shape index (κ1) is 23.7. The van der Waals surface area contributed by atoms with E-state index in [4.69, 9.17) is 9.72 Å². The Balaban J connectivity index is 1.51. The van der Waals surface area contributed by atoms with Gasteiger partial charge in [0, 0.05) is 61.8 Å². The lowest BCUT2D eigenvalue weighted by Gasteiger charge is -2.29. The molecule has 1 saturated carbocycles. The van der Waals surface area contributed by atoms with E-state index in [-0.39, 0.29) is 4.90 Å². The fraction of sp³-hybridized carbons (Fsp3) is 0.385. The minimum Gasteiger partial charge on any atom is -0.383 e. The lowest BCUT2D eigenvalue weighted by Crippen LogP contribution is -2.34. The Morgan fingerprint density at radius 2 is 1.86 bits per heavy atom. The molecule has 0 bridgehead atoms. The molecule has 0 aliphatic heterocycles. The molecule has 1 aliphatic carbocycles. The van der Waals surface area contributed by atoms with E-state index in [1.54, 1.807) is 54.5 Å². The number of methoxy groups -OCH3 is 1. The molecule has 3 heterocycles. The molecule has 4 aromatic rings. The largest absolute Gasteiger partial charge is 0.383 e. The van der Waals surface area contributed by atoms with Gasteiger partial charge in [0.15, 0.2) is 5.65 Å². The molecule has 0 saturated heterocycles. The van der Waals surface area contributed by atoms with Crippen molar-refractivity contribution in [2.75, 3.05) is 20.3 Å². The van der Waals surface area contributed by atoms with E-state index in [1.807, 2.05) is 19.4 Å². The molecule has 0 amide bonds. The van der Waals surface area contributed by atoms with Crippen LogP contribution in [0.2, 0.25) is 0 Å². The van der Waals surface area contributed by atoms with Crippen LogP contribution in [0.15, 0.2) is 66.1 Å². The zero-order chi connectivity index (χ0) is 24.4. The molecular weight excluding hydrogens is 462 g/mol. The number of rotatable bonds is 8. The maximum Gasteiger partial charge on any atom is 0.269 e. The first-order valence-electron chi connectivity index (χ1n) is 12.0. The third kappa shape index (κ3) is 4.76. The van der Waals surface area contributed by atoms with Crippen LogP contribution in [0.5, 0.6) is 0 Å².